The van der Waals surface area contributed by atoms with Crippen molar-refractivity contribution >= 4 is 41.4 Å². The van der Waals surface area contributed by atoms with E-state index < -0.39 is 0 Å². The van der Waals surface area contributed by atoms with Crippen LogP contribution in [0.3, 0.4) is 0 Å². The predicted molar refractivity (Wildman–Crippen MR) is 144 cm³/mol. The Morgan fingerprint density at radius 3 is 2.30 bits per heavy atom. The molecule has 2 aromatic rings. The van der Waals surface area contributed by atoms with Gasteiger partial charge < -0.3 is 24.9 Å². The number of pyridine rings is 1. The minimum absolute atomic E-state index is 0. The van der Waals surface area contributed by atoms with Crippen molar-refractivity contribution in [3.63, 3.8) is 0 Å². The summed E-state index contributed by atoms with van der Waals surface area (Å²) in [5.41, 5.74) is 1.78. The molecule has 0 radical (unpaired) electrons. The quantitative estimate of drug-likeness (QED) is 0.341. The van der Waals surface area contributed by atoms with Gasteiger partial charge in [-0.25, -0.2) is 14.4 Å². The summed E-state index contributed by atoms with van der Waals surface area (Å²) in [6, 6.07) is 11.2. The van der Waals surface area contributed by atoms with E-state index in [0.717, 1.165) is 76.2 Å². The summed E-state index contributed by atoms with van der Waals surface area (Å²) in [5.74, 6) is 1.79. The van der Waals surface area contributed by atoms with E-state index in [1.807, 2.05) is 18.3 Å². The highest BCUT2D eigenvalue weighted by molar-refractivity contribution is 14.0. The average Bonchev–Trinajstić information content (AvgIpc) is 2.83. The fraction of sp³-hybridized carbons (Fsp3) is 0.500. The number of para-hydroxylation sites is 1. The van der Waals surface area contributed by atoms with Crippen molar-refractivity contribution < 1.29 is 4.39 Å². The van der Waals surface area contributed by atoms with Gasteiger partial charge in [0.2, 0.25) is 0 Å². The molecule has 9 heteroatoms. The number of hydrogen-bond acceptors (Lipinski definition) is 5. The summed E-state index contributed by atoms with van der Waals surface area (Å²) in [4.78, 5) is 18.6. The Balaban J connectivity index is 0.00000306. The van der Waals surface area contributed by atoms with Gasteiger partial charge >= 0.3 is 0 Å². The molecule has 0 aliphatic carbocycles. The molecule has 2 fully saturated rings. The number of anilines is 2. The summed E-state index contributed by atoms with van der Waals surface area (Å²) >= 11 is 0. The Hall–Kier alpha value is -2.14. The molecule has 33 heavy (non-hydrogen) atoms. The third kappa shape index (κ3) is 6.69. The van der Waals surface area contributed by atoms with E-state index in [0.29, 0.717) is 12.2 Å². The first-order chi connectivity index (χ1) is 15.6. The lowest BCUT2D eigenvalue weighted by Gasteiger charge is -2.37. The maximum Gasteiger partial charge on any atom is 0.194 e. The van der Waals surface area contributed by atoms with Crippen LogP contribution in [0.1, 0.15) is 12.5 Å². The summed E-state index contributed by atoms with van der Waals surface area (Å²) in [6.07, 6.45) is 1.94. The molecule has 4 rings (SSSR count). The van der Waals surface area contributed by atoms with Gasteiger partial charge in [0.25, 0.3) is 0 Å². The lowest BCUT2D eigenvalue weighted by atomic mass is 10.2. The number of likely N-dealkylation sites (N-methyl/N-ethyl adjacent to an activating group) is 1. The molecule has 2 aliphatic rings. The first-order valence-electron chi connectivity index (χ1n) is 11.5. The molecule has 1 N–H and O–H groups in total. The number of nitrogens with one attached hydrogen (secondary N) is 1. The van der Waals surface area contributed by atoms with Gasteiger partial charge in [-0.3, -0.25) is 0 Å². The number of piperazine rings is 2. The van der Waals surface area contributed by atoms with Gasteiger partial charge in [0.05, 0.1) is 12.2 Å². The van der Waals surface area contributed by atoms with E-state index in [1.165, 1.54) is 6.07 Å². The number of hydrogen-bond donors (Lipinski definition) is 1. The maximum atomic E-state index is 14.1. The van der Waals surface area contributed by atoms with E-state index in [2.05, 4.69) is 56.0 Å². The SMILES string of the molecule is CCNC(=NCc1ccc(N2CCN(C)CC2)nc1)N1CCN(c2ccccc2F)CC1.I. The summed E-state index contributed by atoms with van der Waals surface area (Å²) in [5, 5.41) is 3.41. The Kier molecular flexibility index (Phi) is 9.54. The Morgan fingerprint density at radius 1 is 0.970 bits per heavy atom. The van der Waals surface area contributed by atoms with E-state index in [4.69, 9.17) is 4.99 Å². The summed E-state index contributed by atoms with van der Waals surface area (Å²) in [6.45, 7) is 10.8. The molecule has 7 nitrogen and oxygen atoms in total. The minimum atomic E-state index is -0.158. The van der Waals surface area contributed by atoms with Gasteiger partial charge in [0, 0.05) is 65.1 Å². The molecule has 0 saturated carbocycles. The molecular weight excluding hydrogens is 532 g/mol. The molecule has 1 aromatic carbocycles. The molecular formula is C24H35FIN7. The zero-order chi connectivity index (χ0) is 22.3. The van der Waals surface area contributed by atoms with Gasteiger partial charge in [-0.15, -0.1) is 24.0 Å². The molecule has 1 aromatic heterocycles. The van der Waals surface area contributed by atoms with Gasteiger partial charge in [-0.2, -0.15) is 0 Å². The number of aliphatic imine (C=N–C) groups is 1. The number of nitrogens with zero attached hydrogens (tertiary/aromatic N) is 6. The largest absolute Gasteiger partial charge is 0.366 e. The molecule has 0 bridgehead atoms. The fourth-order valence-corrected chi connectivity index (χ4v) is 4.19. The van der Waals surface area contributed by atoms with Crippen molar-refractivity contribution in [1.82, 2.24) is 20.1 Å². The van der Waals surface area contributed by atoms with E-state index in [-0.39, 0.29) is 29.8 Å². The van der Waals surface area contributed by atoms with Crippen LogP contribution in [0, 0.1) is 5.82 Å². The first-order valence-corrected chi connectivity index (χ1v) is 11.5. The van der Waals surface area contributed by atoms with Crippen LogP contribution in [0.2, 0.25) is 0 Å². The van der Waals surface area contributed by atoms with E-state index >= 15 is 0 Å². The van der Waals surface area contributed by atoms with Crippen molar-refractivity contribution in [2.45, 2.75) is 13.5 Å². The first kappa shape index (κ1) is 25.5. The van der Waals surface area contributed by atoms with Crippen LogP contribution in [0.15, 0.2) is 47.6 Å². The number of rotatable bonds is 5. The second kappa shape index (κ2) is 12.4. The van der Waals surface area contributed by atoms with Crippen LogP contribution in [-0.4, -0.2) is 86.7 Å². The second-order valence-corrected chi connectivity index (χ2v) is 8.41. The average molecular weight is 567 g/mol. The summed E-state index contributed by atoms with van der Waals surface area (Å²) in [7, 11) is 2.16. The fourth-order valence-electron chi connectivity index (χ4n) is 4.19. The highest BCUT2D eigenvalue weighted by Crippen LogP contribution is 2.20. The lowest BCUT2D eigenvalue weighted by Crippen LogP contribution is -2.52. The molecule has 0 amide bonds. The van der Waals surface area contributed by atoms with Gasteiger partial charge in [-0.05, 0) is 37.7 Å². The van der Waals surface area contributed by atoms with Crippen LogP contribution in [0.25, 0.3) is 0 Å². The normalized spacial score (nSPS) is 17.7. The molecule has 2 saturated heterocycles. The van der Waals surface area contributed by atoms with Crippen LogP contribution < -0.4 is 15.1 Å². The van der Waals surface area contributed by atoms with Crippen LogP contribution in [0.5, 0.6) is 0 Å². The topological polar surface area (TPSA) is 50.2 Å². The van der Waals surface area contributed by atoms with Gasteiger partial charge in [0.15, 0.2) is 5.96 Å². The number of aromatic nitrogens is 1. The smallest absolute Gasteiger partial charge is 0.194 e. The minimum Gasteiger partial charge on any atom is -0.366 e. The van der Waals surface area contributed by atoms with Crippen molar-refractivity contribution in [3.8, 4) is 0 Å². The molecule has 0 spiro atoms. The molecule has 3 heterocycles. The summed E-state index contributed by atoms with van der Waals surface area (Å²) < 4.78 is 14.1. The Bertz CT molecular complexity index is 892. The zero-order valence-corrected chi connectivity index (χ0v) is 21.9. The van der Waals surface area contributed by atoms with Crippen LogP contribution in [-0.2, 0) is 6.54 Å². The Labute approximate surface area is 213 Å². The highest BCUT2D eigenvalue weighted by Gasteiger charge is 2.21. The number of guanidine groups is 1. The zero-order valence-electron chi connectivity index (χ0n) is 19.6. The second-order valence-electron chi connectivity index (χ2n) is 8.41. The highest BCUT2D eigenvalue weighted by atomic mass is 127. The number of benzene rings is 1. The monoisotopic (exact) mass is 567 g/mol. The van der Waals surface area contributed by atoms with Gasteiger partial charge in [0.1, 0.15) is 11.6 Å². The van der Waals surface area contributed by atoms with Crippen molar-refractivity contribution in [2.24, 2.45) is 4.99 Å². The number of halogens is 2. The van der Waals surface area contributed by atoms with Crippen molar-refractivity contribution in [3.05, 3.63) is 54.0 Å². The third-order valence-corrected chi connectivity index (χ3v) is 6.16. The van der Waals surface area contributed by atoms with Crippen LogP contribution in [0.4, 0.5) is 15.9 Å². The molecule has 180 valence electrons. The standard InChI is InChI=1S/C24H34FN7.HI/c1-3-26-24(32-16-14-30(15-17-32)22-7-5-4-6-21(22)25)28-19-20-8-9-23(27-18-20)31-12-10-29(2)11-13-31;/h4-9,18H,3,10-17,19H2,1-2H3,(H,26,28);1H. The van der Waals surface area contributed by atoms with Crippen molar-refractivity contribution in [1.29, 1.82) is 0 Å². The maximum absolute atomic E-state index is 14.1. The van der Waals surface area contributed by atoms with Gasteiger partial charge in [-0.1, -0.05) is 18.2 Å². The van der Waals surface area contributed by atoms with Crippen molar-refractivity contribution in [2.75, 3.05) is 75.8 Å². The van der Waals surface area contributed by atoms with E-state index in [9.17, 15) is 4.39 Å². The van der Waals surface area contributed by atoms with Crippen LogP contribution >= 0.6 is 24.0 Å². The third-order valence-electron chi connectivity index (χ3n) is 6.16. The molecule has 0 atom stereocenters. The molecule has 2 aliphatic heterocycles. The predicted octanol–water partition coefficient (Wildman–Crippen LogP) is 2.88. The van der Waals surface area contributed by atoms with E-state index in [1.54, 1.807) is 6.07 Å². The lowest BCUT2D eigenvalue weighted by molar-refractivity contribution is 0.312. The molecule has 0 unspecified atom stereocenters. The Morgan fingerprint density at radius 2 is 1.67 bits per heavy atom.